The second kappa shape index (κ2) is 7.03. The molecule has 1 atom stereocenters. The van der Waals surface area contributed by atoms with Crippen molar-refractivity contribution in [2.75, 3.05) is 19.8 Å². The molecule has 130 valence electrons. The molecule has 0 saturated carbocycles. The molecule has 0 spiro atoms. The van der Waals surface area contributed by atoms with Crippen molar-refractivity contribution in [2.24, 2.45) is 0 Å². The zero-order chi connectivity index (χ0) is 18.0. The molecule has 1 aromatic carbocycles. The van der Waals surface area contributed by atoms with Crippen molar-refractivity contribution in [3.05, 3.63) is 46.7 Å². The van der Waals surface area contributed by atoms with E-state index in [0.717, 1.165) is 5.56 Å². The minimum absolute atomic E-state index is 0.121. The van der Waals surface area contributed by atoms with E-state index in [1.807, 2.05) is 20.8 Å². The Kier molecular flexibility index (Phi) is 4.81. The summed E-state index contributed by atoms with van der Waals surface area (Å²) in [5.41, 5.74) is 1.86. The van der Waals surface area contributed by atoms with Gasteiger partial charge in [-0.25, -0.2) is 0 Å². The molecule has 0 N–H and O–H groups in total. The fourth-order valence-corrected chi connectivity index (χ4v) is 2.79. The molecule has 1 aliphatic heterocycles. The number of hydrogen-bond acceptors (Lipinski definition) is 6. The van der Waals surface area contributed by atoms with Crippen LogP contribution in [0.25, 0.3) is 0 Å². The molecular weight excluding hydrogens is 320 g/mol. The molecule has 1 saturated heterocycles. The van der Waals surface area contributed by atoms with Crippen LogP contribution in [0.15, 0.2) is 22.6 Å². The zero-order valence-corrected chi connectivity index (χ0v) is 14.5. The van der Waals surface area contributed by atoms with Gasteiger partial charge in [-0.05, 0) is 30.7 Å². The molecule has 0 unspecified atom stereocenters. The summed E-state index contributed by atoms with van der Waals surface area (Å²) in [4.78, 5) is 14.7. The third-order valence-electron chi connectivity index (χ3n) is 4.21. The van der Waals surface area contributed by atoms with E-state index in [-0.39, 0.29) is 11.8 Å². The Morgan fingerprint density at radius 1 is 1.40 bits per heavy atom. The number of carbonyl (C=O) groups is 1. The van der Waals surface area contributed by atoms with E-state index in [1.54, 1.807) is 23.1 Å². The van der Waals surface area contributed by atoms with E-state index in [2.05, 4.69) is 16.3 Å². The molecule has 7 nitrogen and oxygen atoms in total. The van der Waals surface area contributed by atoms with Crippen molar-refractivity contribution < 1.29 is 13.9 Å². The topological polar surface area (TPSA) is 92.2 Å². The second-order valence-electron chi connectivity index (χ2n) is 6.36. The monoisotopic (exact) mass is 340 g/mol. The largest absolute Gasteiger partial charge is 0.423 e. The average Bonchev–Trinajstić information content (AvgIpc) is 3.11. The van der Waals surface area contributed by atoms with Crippen LogP contribution in [0.3, 0.4) is 0 Å². The molecule has 0 bridgehead atoms. The SMILES string of the molecule is Cc1cc(C#N)ccc1C(=O)N1CCOC[C@@H]1c1nnc(C(C)C)o1. The normalized spacial score (nSPS) is 17.6. The number of ether oxygens (including phenoxy) is 1. The van der Waals surface area contributed by atoms with Crippen LogP contribution in [-0.2, 0) is 4.74 Å². The number of hydrogen-bond donors (Lipinski definition) is 0. The summed E-state index contributed by atoms with van der Waals surface area (Å²) in [5, 5.41) is 17.1. The first kappa shape index (κ1) is 17.1. The van der Waals surface area contributed by atoms with Gasteiger partial charge in [0.15, 0.2) is 0 Å². The first-order valence-corrected chi connectivity index (χ1v) is 8.24. The Balaban J connectivity index is 1.90. The van der Waals surface area contributed by atoms with E-state index in [0.29, 0.717) is 42.7 Å². The van der Waals surface area contributed by atoms with Crippen LogP contribution in [0, 0.1) is 18.3 Å². The van der Waals surface area contributed by atoms with Gasteiger partial charge < -0.3 is 14.1 Å². The van der Waals surface area contributed by atoms with Crippen LogP contribution in [0.1, 0.15) is 59.1 Å². The zero-order valence-electron chi connectivity index (χ0n) is 14.5. The van der Waals surface area contributed by atoms with Crippen LogP contribution >= 0.6 is 0 Å². The second-order valence-corrected chi connectivity index (χ2v) is 6.36. The van der Waals surface area contributed by atoms with Gasteiger partial charge in [-0.3, -0.25) is 4.79 Å². The van der Waals surface area contributed by atoms with Gasteiger partial charge in [0, 0.05) is 18.0 Å². The number of morpholine rings is 1. The lowest BCUT2D eigenvalue weighted by atomic mass is 10.0. The minimum atomic E-state index is -0.406. The highest BCUT2D eigenvalue weighted by Crippen LogP contribution is 2.27. The lowest BCUT2D eigenvalue weighted by molar-refractivity contribution is -0.0108. The third kappa shape index (κ3) is 3.39. The highest BCUT2D eigenvalue weighted by Gasteiger charge is 2.34. The van der Waals surface area contributed by atoms with Gasteiger partial charge in [0.1, 0.15) is 6.04 Å². The standard InChI is InChI=1S/C18H20N4O3/c1-11(2)16-20-21-17(25-16)15-10-24-7-6-22(15)18(23)14-5-4-13(9-19)8-12(14)3/h4-5,8,11,15H,6-7,10H2,1-3H3/t15-/m1/s1. The average molecular weight is 340 g/mol. The molecule has 7 heteroatoms. The van der Waals surface area contributed by atoms with Crippen LogP contribution in [-0.4, -0.2) is 40.8 Å². The Hall–Kier alpha value is -2.72. The van der Waals surface area contributed by atoms with E-state index >= 15 is 0 Å². The number of aromatic nitrogens is 2. The molecular formula is C18H20N4O3. The van der Waals surface area contributed by atoms with Crippen LogP contribution in [0.4, 0.5) is 0 Å². The number of aryl methyl sites for hydroxylation is 1. The summed E-state index contributed by atoms with van der Waals surface area (Å²) >= 11 is 0. The summed E-state index contributed by atoms with van der Waals surface area (Å²) in [6.07, 6.45) is 0. The number of nitriles is 1. The van der Waals surface area contributed by atoms with Gasteiger partial charge in [0.05, 0.1) is 24.8 Å². The predicted molar refractivity (Wildman–Crippen MR) is 88.9 cm³/mol. The van der Waals surface area contributed by atoms with Crippen molar-refractivity contribution in [1.82, 2.24) is 15.1 Å². The number of benzene rings is 1. The maximum atomic E-state index is 13.0. The van der Waals surface area contributed by atoms with E-state index in [1.165, 1.54) is 0 Å². The number of carbonyl (C=O) groups excluding carboxylic acids is 1. The maximum Gasteiger partial charge on any atom is 0.254 e. The van der Waals surface area contributed by atoms with Crippen LogP contribution < -0.4 is 0 Å². The van der Waals surface area contributed by atoms with Gasteiger partial charge in [-0.2, -0.15) is 5.26 Å². The molecule has 1 fully saturated rings. The highest BCUT2D eigenvalue weighted by molar-refractivity contribution is 5.96. The van der Waals surface area contributed by atoms with Crippen molar-refractivity contribution in [2.45, 2.75) is 32.7 Å². The fourth-order valence-electron chi connectivity index (χ4n) is 2.79. The summed E-state index contributed by atoms with van der Waals surface area (Å²) < 4.78 is 11.3. The predicted octanol–water partition coefficient (Wildman–Crippen LogP) is 2.59. The van der Waals surface area contributed by atoms with E-state index in [9.17, 15) is 4.79 Å². The van der Waals surface area contributed by atoms with Gasteiger partial charge in [-0.15, -0.1) is 10.2 Å². The molecule has 25 heavy (non-hydrogen) atoms. The van der Waals surface area contributed by atoms with Gasteiger partial charge in [0.25, 0.3) is 5.91 Å². The number of rotatable bonds is 3. The summed E-state index contributed by atoms with van der Waals surface area (Å²) in [5.74, 6) is 0.931. The van der Waals surface area contributed by atoms with Gasteiger partial charge in [-0.1, -0.05) is 13.8 Å². The minimum Gasteiger partial charge on any atom is -0.423 e. The first-order chi connectivity index (χ1) is 12.0. The van der Waals surface area contributed by atoms with Crippen LogP contribution in [0.5, 0.6) is 0 Å². The summed E-state index contributed by atoms with van der Waals surface area (Å²) in [6.45, 7) is 6.99. The molecule has 1 aliphatic rings. The van der Waals surface area contributed by atoms with E-state index in [4.69, 9.17) is 14.4 Å². The van der Waals surface area contributed by atoms with Crippen molar-refractivity contribution >= 4 is 5.91 Å². The quantitative estimate of drug-likeness (QED) is 0.853. The molecule has 2 heterocycles. The fraction of sp³-hybridized carbons (Fsp3) is 0.444. The Bertz CT molecular complexity index is 822. The summed E-state index contributed by atoms with van der Waals surface area (Å²) in [7, 11) is 0. The Morgan fingerprint density at radius 3 is 2.84 bits per heavy atom. The number of amides is 1. The highest BCUT2D eigenvalue weighted by atomic mass is 16.5. The molecule has 1 amide bonds. The first-order valence-electron chi connectivity index (χ1n) is 8.24. The Morgan fingerprint density at radius 2 is 2.20 bits per heavy atom. The summed E-state index contributed by atoms with van der Waals surface area (Å²) in [6, 6.07) is 6.73. The van der Waals surface area contributed by atoms with Gasteiger partial charge in [0.2, 0.25) is 11.8 Å². The molecule has 3 rings (SSSR count). The lowest BCUT2D eigenvalue weighted by Crippen LogP contribution is -2.43. The third-order valence-corrected chi connectivity index (χ3v) is 4.21. The maximum absolute atomic E-state index is 13.0. The smallest absolute Gasteiger partial charge is 0.254 e. The van der Waals surface area contributed by atoms with E-state index < -0.39 is 6.04 Å². The van der Waals surface area contributed by atoms with Crippen LogP contribution in [0.2, 0.25) is 0 Å². The molecule has 2 aromatic rings. The lowest BCUT2D eigenvalue weighted by Gasteiger charge is -2.33. The van der Waals surface area contributed by atoms with Crippen molar-refractivity contribution in [1.29, 1.82) is 5.26 Å². The van der Waals surface area contributed by atoms with Gasteiger partial charge >= 0.3 is 0 Å². The Labute approximate surface area is 146 Å². The molecule has 0 aliphatic carbocycles. The number of nitrogens with zero attached hydrogens (tertiary/aromatic N) is 4. The van der Waals surface area contributed by atoms with Crippen molar-refractivity contribution in [3.8, 4) is 6.07 Å². The molecule has 0 radical (unpaired) electrons. The molecule has 1 aromatic heterocycles. The van der Waals surface area contributed by atoms with Crippen molar-refractivity contribution in [3.63, 3.8) is 0 Å².